The van der Waals surface area contributed by atoms with Gasteiger partial charge in [-0.1, -0.05) is 43.3 Å². The van der Waals surface area contributed by atoms with Crippen molar-refractivity contribution in [2.45, 2.75) is 45.7 Å². The second-order valence-corrected chi connectivity index (χ2v) is 9.47. The second-order valence-electron chi connectivity index (χ2n) is 7.53. The van der Waals surface area contributed by atoms with Gasteiger partial charge in [-0.25, -0.2) is 8.42 Å². The molecule has 8 heteroatoms. The molecule has 0 radical (unpaired) electrons. The summed E-state index contributed by atoms with van der Waals surface area (Å²) in [6.07, 6.45) is 1.86. The van der Waals surface area contributed by atoms with Crippen molar-refractivity contribution in [1.29, 1.82) is 0 Å². The van der Waals surface area contributed by atoms with Crippen LogP contribution in [0, 0.1) is 6.92 Å². The molecule has 0 saturated carbocycles. The van der Waals surface area contributed by atoms with Gasteiger partial charge in [0, 0.05) is 26.2 Å². The van der Waals surface area contributed by atoms with Crippen LogP contribution in [0.2, 0.25) is 0 Å². The number of rotatable bonds is 5. The van der Waals surface area contributed by atoms with Crippen molar-refractivity contribution in [2.24, 2.45) is 0 Å². The van der Waals surface area contributed by atoms with E-state index in [1.807, 2.05) is 0 Å². The lowest BCUT2D eigenvalue weighted by Crippen LogP contribution is -2.36. The van der Waals surface area contributed by atoms with E-state index in [1.54, 1.807) is 6.92 Å². The van der Waals surface area contributed by atoms with Crippen LogP contribution in [0.5, 0.6) is 0 Å². The van der Waals surface area contributed by atoms with Gasteiger partial charge in [0.1, 0.15) is 6.04 Å². The fraction of sp³-hybridized carbons (Fsp3) is 0.579. The molecule has 0 bridgehead atoms. The van der Waals surface area contributed by atoms with Gasteiger partial charge in [0.15, 0.2) is 5.82 Å². The third-order valence-electron chi connectivity index (χ3n) is 5.01. The van der Waals surface area contributed by atoms with Crippen LogP contribution in [-0.4, -0.2) is 53.7 Å². The van der Waals surface area contributed by atoms with Crippen LogP contribution in [0.15, 0.2) is 28.8 Å². The lowest BCUT2D eigenvalue weighted by molar-refractivity contribution is 0.257. The average Bonchev–Trinajstić information content (AvgIpc) is 2.90. The Balaban J connectivity index is 1.74. The smallest absolute Gasteiger partial charge is 0.245 e. The van der Waals surface area contributed by atoms with Crippen molar-refractivity contribution in [1.82, 2.24) is 19.3 Å². The predicted molar refractivity (Wildman–Crippen MR) is 104 cm³/mol. The normalized spacial score (nSPS) is 20.1. The molecule has 1 aliphatic heterocycles. The molecule has 1 aliphatic rings. The number of hydrogen-bond acceptors (Lipinski definition) is 6. The highest BCUT2D eigenvalue weighted by Crippen LogP contribution is 2.28. The van der Waals surface area contributed by atoms with Crippen molar-refractivity contribution in [3.63, 3.8) is 0 Å². The highest BCUT2D eigenvalue weighted by molar-refractivity contribution is 7.88. The molecule has 0 aliphatic carbocycles. The van der Waals surface area contributed by atoms with Gasteiger partial charge in [0.05, 0.1) is 6.26 Å². The van der Waals surface area contributed by atoms with Crippen LogP contribution in [0.1, 0.15) is 55.1 Å². The summed E-state index contributed by atoms with van der Waals surface area (Å²) in [6, 6.07) is 8.25. The largest absolute Gasteiger partial charge is 0.338 e. The number of aromatic nitrogens is 2. The van der Waals surface area contributed by atoms with Gasteiger partial charge in [0.25, 0.3) is 0 Å². The van der Waals surface area contributed by atoms with Gasteiger partial charge in [-0.2, -0.15) is 9.29 Å². The highest BCUT2D eigenvalue weighted by atomic mass is 32.2. The topological polar surface area (TPSA) is 79.5 Å². The molecule has 0 amide bonds. The third kappa shape index (κ3) is 4.94. The van der Waals surface area contributed by atoms with Gasteiger partial charge < -0.3 is 4.52 Å². The summed E-state index contributed by atoms with van der Waals surface area (Å²) in [5.74, 6) is 1.41. The first kappa shape index (κ1) is 20.0. The van der Waals surface area contributed by atoms with Crippen LogP contribution in [-0.2, 0) is 16.6 Å². The number of benzene rings is 1. The van der Waals surface area contributed by atoms with Crippen LogP contribution >= 0.6 is 0 Å². The highest BCUT2D eigenvalue weighted by Gasteiger charge is 2.34. The van der Waals surface area contributed by atoms with E-state index in [9.17, 15) is 8.42 Å². The summed E-state index contributed by atoms with van der Waals surface area (Å²) in [6.45, 7) is 8.75. The van der Waals surface area contributed by atoms with E-state index in [4.69, 9.17) is 4.52 Å². The number of nitrogens with zero attached hydrogens (tertiary/aromatic N) is 4. The lowest BCUT2D eigenvalue weighted by atomic mass is 10.0. The Morgan fingerprint density at radius 2 is 1.89 bits per heavy atom. The first-order valence-corrected chi connectivity index (χ1v) is 11.2. The van der Waals surface area contributed by atoms with E-state index >= 15 is 0 Å². The Morgan fingerprint density at radius 1 is 1.19 bits per heavy atom. The second kappa shape index (κ2) is 8.08. The van der Waals surface area contributed by atoms with Gasteiger partial charge in [-0.15, -0.1) is 0 Å². The first-order chi connectivity index (χ1) is 12.7. The zero-order valence-corrected chi connectivity index (χ0v) is 17.2. The minimum absolute atomic E-state index is 0.376. The quantitative estimate of drug-likeness (QED) is 0.778. The van der Waals surface area contributed by atoms with E-state index in [0.29, 0.717) is 37.1 Å². The molecule has 1 aromatic heterocycles. The van der Waals surface area contributed by atoms with Crippen molar-refractivity contribution in [3.8, 4) is 0 Å². The molecule has 148 valence electrons. The molecule has 1 aromatic carbocycles. The number of hydrogen-bond donors (Lipinski definition) is 0. The molecule has 2 aromatic rings. The molecular formula is C19H28N4O3S. The first-order valence-electron chi connectivity index (χ1n) is 9.32. The zero-order valence-electron chi connectivity index (χ0n) is 16.4. The molecule has 1 fully saturated rings. The Hall–Kier alpha value is -1.77. The maximum absolute atomic E-state index is 12.3. The molecule has 1 saturated heterocycles. The molecule has 1 atom stereocenters. The van der Waals surface area contributed by atoms with Crippen molar-refractivity contribution < 1.29 is 12.9 Å². The minimum Gasteiger partial charge on any atom is -0.338 e. The zero-order chi connectivity index (χ0) is 19.6. The fourth-order valence-corrected chi connectivity index (χ4v) is 4.54. The van der Waals surface area contributed by atoms with Crippen LogP contribution in [0.25, 0.3) is 0 Å². The van der Waals surface area contributed by atoms with E-state index in [-0.39, 0.29) is 0 Å². The van der Waals surface area contributed by atoms with E-state index in [2.05, 4.69) is 53.2 Å². The summed E-state index contributed by atoms with van der Waals surface area (Å²) in [7, 11) is -3.37. The molecule has 27 heavy (non-hydrogen) atoms. The predicted octanol–water partition coefficient (Wildman–Crippen LogP) is 2.71. The molecule has 0 spiro atoms. The van der Waals surface area contributed by atoms with Gasteiger partial charge in [-0.05, 0) is 30.4 Å². The molecule has 1 unspecified atom stereocenters. The Bertz CT molecular complexity index is 861. The molecule has 3 rings (SSSR count). The summed E-state index contributed by atoms with van der Waals surface area (Å²) in [4.78, 5) is 6.56. The maximum atomic E-state index is 12.3. The van der Waals surface area contributed by atoms with Crippen LogP contribution in [0.4, 0.5) is 0 Å². The van der Waals surface area contributed by atoms with Gasteiger partial charge >= 0.3 is 0 Å². The maximum Gasteiger partial charge on any atom is 0.245 e. The number of sulfonamides is 1. The lowest BCUT2D eigenvalue weighted by Gasteiger charge is -2.24. The van der Waals surface area contributed by atoms with E-state index in [1.165, 1.54) is 21.7 Å². The summed E-state index contributed by atoms with van der Waals surface area (Å²) < 4.78 is 31.4. The van der Waals surface area contributed by atoms with Crippen LogP contribution in [0.3, 0.4) is 0 Å². The van der Waals surface area contributed by atoms with Crippen molar-refractivity contribution >= 4 is 10.0 Å². The third-order valence-corrected chi connectivity index (χ3v) is 6.30. The molecule has 2 heterocycles. The molecule has 0 N–H and O–H groups in total. The van der Waals surface area contributed by atoms with E-state index < -0.39 is 16.1 Å². The van der Waals surface area contributed by atoms with Crippen LogP contribution < -0.4 is 0 Å². The van der Waals surface area contributed by atoms with Gasteiger partial charge in [0.2, 0.25) is 15.9 Å². The molecular weight excluding hydrogens is 364 g/mol. The SMILES string of the molecule is Cc1noc(C2CCN(Cc3ccc(C(C)C)cc3)CCN2S(C)(=O)=O)n1. The molecule has 7 nitrogen and oxygen atoms in total. The van der Waals surface area contributed by atoms with E-state index in [0.717, 1.165) is 13.1 Å². The summed E-state index contributed by atoms with van der Waals surface area (Å²) >= 11 is 0. The minimum atomic E-state index is -3.37. The summed E-state index contributed by atoms with van der Waals surface area (Å²) in [5.41, 5.74) is 2.56. The number of aryl methyl sites for hydroxylation is 1. The average molecular weight is 393 g/mol. The van der Waals surface area contributed by atoms with Crippen molar-refractivity contribution in [2.75, 3.05) is 25.9 Å². The standard InChI is InChI=1S/C19H28N4O3S/c1-14(2)17-7-5-16(6-8-17)13-22-10-9-18(19-20-15(3)21-26-19)23(12-11-22)27(4,24)25/h5-8,14,18H,9-13H2,1-4H3. The van der Waals surface area contributed by atoms with Crippen molar-refractivity contribution in [3.05, 3.63) is 47.1 Å². The van der Waals surface area contributed by atoms with Gasteiger partial charge in [-0.3, -0.25) is 4.90 Å². The Labute approximate surface area is 161 Å². The Kier molecular flexibility index (Phi) is 5.98. The monoisotopic (exact) mass is 392 g/mol. The summed E-state index contributed by atoms with van der Waals surface area (Å²) in [5, 5.41) is 3.83. The Morgan fingerprint density at radius 3 is 2.44 bits per heavy atom. The fourth-order valence-electron chi connectivity index (χ4n) is 3.47.